The van der Waals surface area contributed by atoms with E-state index in [1.807, 2.05) is 19.1 Å². The molecule has 0 aromatic heterocycles. The van der Waals surface area contributed by atoms with Crippen molar-refractivity contribution in [3.63, 3.8) is 0 Å². The summed E-state index contributed by atoms with van der Waals surface area (Å²) in [6.07, 6.45) is 3.24. The summed E-state index contributed by atoms with van der Waals surface area (Å²) < 4.78 is 30.2. The van der Waals surface area contributed by atoms with Gasteiger partial charge in [0, 0.05) is 24.5 Å². The standard InChI is InChI=1S/C24H34O7/c1-13-7-8-17-14(2)21(20-18(26-5)11-15(25-4)12-19(20)27-6)28-22-24(17)16(13)9-10-23(3,29-22)30-31-24/h11-14,16-17,21-22H,7-10H2,1-6H3/t13-,14-,16+,17+,21+,22-,23+,24-/m1/s1. The van der Waals surface area contributed by atoms with Crippen molar-refractivity contribution in [3.8, 4) is 17.2 Å². The Morgan fingerprint density at radius 3 is 2.26 bits per heavy atom. The average molecular weight is 435 g/mol. The molecule has 5 aliphatic rings. The zero-order chi connectivity index (χ0) is 22.0. The van der Waals surface area contributed by atoms with Crippen LogP contribution in [-0.4, -0.2) is 39.0 Å². The summed E-state index contributed by atoms with van der Waals surface area (Å²) in [5, 5.41) is 0. The van der Waals surface area contributed by atoms with Gasteiger partial charge >= 0.3 is 0 Å². The van der Waals surface area contributed by atoms with Crippen LogP contribution in [0.5, 0.6) is 17.2 Å². The van der Waals surface area contributed by atoms with Crippen LogP contribution in [0.3, 0.4) is 0 Å². The lowest BCUT2D eigenvalue weighted by atomic mass is 9.57. The van der Waals surface area contributed by atoms with Crippen LogP contribution in [0.2, 0.25) is 0 Å². The topological polar surface area (TPSA) is 64.6 Å². The van der Waals surface area contributed by atoms with E-state index in [1.165, 1.54) is 0 Å². The highest BCUT2D eigenvalue weighted by molar-refractivity contribution is 5.52. The second-order valence-corrected chi connectivity index (χ2v) is 9.77. The fraction of sp³-hybridized carbons (Fsp3) is 0.750. The van der Waals surface area contributed by atoms with Crippen LogP contribution in [0.15, 0.2) is 12.1 Å². The van der Waals surface area contributed by atoms with Crippen LogP contribution >= 0.6 is 0 Å². The van der Waals surface area contributed by atoms with E-state index < -0.39 is 17.7 Å². The summed E-state index contributed by atoms with van der Waals surface area (Å²) in [6.45, 7) is 6.50. The molecule has 0 N–H and O–H groups in total. The highest BCUT2D eigenvalue weighted by atomic mass is 17.3. The molecule has 5 fully saturated rings. The van der Waals surface area contributed by atoms with E-state index in [0.29, 0.717) is 29.1 Å². The molecule has 0 radical (unpaired) electrons. The maximum absolute atomic E-state index is 6.77. The number of methoxy groups -OCH3 is 3. The minimum Gasteiger partial charge on any atom is -0.496 e. The van der Waals surface area contributed by atoms with Gasteiger partial charge in [-0.1, -0.05) is 13.8 Å². The van der Waals surface area contributed by atoms with Gasteiger partial charge in [-0.25, -0.2) is 9.78 Å². The lowest BCUT2D eigenvalue weighted by Crippen LogP contribution is -2.69. The number of fused-ring (bicyclic) bond motifs is 2. The van der Waals surface area contributed by atoms with Crippen molar-refractivity contribution in [1.82, 2.24) is 0 Å². The van der Waals surface area contributed by atoms with Gasteiger partial charge in [0.25, 0.3) is 0 Å². The monoisotopic (exact) mass is 434 g/mol. The van der Waals surface area contributed by atoms with Crippen molar-refractivity contribution in [3.05, 3.63) is 17.7 Å². The van der Waals surface area contributed by atoms with Gasteiger partial charge in [-0.2, -0.15) is 0 Å². The van der Waals surface area contributed by atoms with E-state index in [-0.39, 0.29) is 17.9 Å². The summed E-state index contributed by atoms with van der Waals surface area (Å²) in [4.78, 5) is 12.2. The predicted molar refractivity (Wildman–Crippen MR) is 112 cm³/mol. The number of benzene rings is 1. The fourth-order valence-electron chi connectivity index (χ4n) is 6.55. The third-order valence-electron chi connectivity index (χ3n) is 8.20. The van der Waals surface area contributed by atoms with Crippen molar-refractivity contribution in [2.24, 2.45) is 23.7 Å². The Morgan fingerprint density at radius 1 is 0.903 bits per heavy atom. The van der Waals surface area contributed by atoms with Gasteiger partial charge in [-0.05, 0) is 43.9 Å². The molecule has 4 heterocycles. The van der Waals surface area contributed by atoms with Crippen LogP contribution in [0.4, 0.5) is 0 Å². The number of hydrogen-bond donors (Lipinski definition) is 0. The van der Waals surface area contributed by atoms with Crippen LogP contribution < -0.4 is 14.2 Å². The first kappa shape index (κ1) is 21.3. The van der Waals surface area contributed by atoms with Crippen molar-refractivity contribution in [2.75, 3.05) is 21.3 Å². The van der Waals surface area contributed by atoms with Crippen LogP contribution in [0, 0.1) is 23.7 Å². The molecule has 4 aliphatic heterocycles. The third-order valence-corrected chi connectivity index (χ3v) is 8.20. The molecule has 1 aromatic carbocycles. The second-order valence-electron chi connectivity index (χ2n) is 9.77. The van der Waals surface area contributed by atoms with E-state index in [4.69, 9.17) is 33.5 Å². The van der Waals surface area contributed by atoms with Gasteiger partial charge < -0.3 is 23.7 Å². The maximum atomic E-state index is 6.77. The van der Waals surface area contributed by atoms with Gasteiger partial charge in [0.15, 0.2) is 11.9 Å². The van der Waals surface area contributed by atoms with Gasteiger partial charge in [0.1, 0.15) is 17.2 Å². The summed E-state index contributed by atoms with van der Waals surface area (Å²) in [5.74, 6) is 2.51. The quantitative estimate of drug-likeness (QED) is 0.640. The highest BCUT2D eigenvalue weighted by Gasteiger charge is 2.69. The van der Waals surface area contributed by atoms with E-state index >= 15 is 0 Å². The molecule has 1 saturated carbocycles. The van der Waals surface area contributed by atoms with Crippen molar-refractivity contribution >= 4 is 0 Å². The zero-order valence-electron chi connectivity index (χ0n) is 19.3. The first-order valence-corrected chi connectivity index (χ1v) is 11.4. The molecule has 7 nitrogen and oxygen atoms in total. The number of ether oxygens (including phenoxy) is 5. The Kier molecular flexibility index (Phi) is 5.16. The van der Waals surface area contributed by atoms with Crippen LogP contribution in [-0.2, 0) is 19.2 Å². The minimum atomic E-state index is -0.795. The Labute approximate surface area is 184 Å². The Balaban J connectivity index is 1.61. The molecular weight excluding hydrogens is 400 g/mol. The number of rotatable bonds is 4. The first-order chi connectivity index (χ1) is 14.9. The molecule has 1 aliphatic carbocycles. The lowest BCUT2D eigenvalue weighted by molar-refractivity contribution is -0.571. The summed E-state index contributed by atoms with van der Waals surface area (Å²) in [6, 6.07) is 3.76. The molecule has 1 aromatic rings. The Morgan fingerprint density at radius 2 is 1.61 bits per heavy atom. The van der Waals surface area contributed by atoms with Gasteiger partial charge in [-0.3, -0.25) is 0 Å². The summed E-state index contributed by atoms with van der Waals surface area (Å²) in [5.41, 5.74) is 0.300. The van der Waals surface area contributed by atoms with Crippen molar-refractivity contribution < 1.29 is 33.5 Å². The molecule has 6 rings (SSSR count). The molecule has 172 valence electrons. The van der Waals surface area contributed by atoms with Gasteiger partial charge in [-0.15, -0.1) is 0 Å². The Hall–Kier alpha value is -1.54. The maximum Gasteiger partial charge on any atom is 0.201 e. The van der Waals surface area contributed by atoms with E-state index in [2.05, 4.69) is 13.8 Å². The molecule has 8 atom stereocenters. The predicted octanol–water partition coefficient (Wildman–Crippen LogP) is 4.64. The third kappa shape index (κ3) is 3.00. The zero-order valence-corrected chi connectivity index (χ0v) is 19.3. The van der Waals surface area contributed by atoms with E-state index in [9.17, 15) is 0 Å². The average Bonchev–Trinajstić information content (AvgIpc) is 3.01. The minimum absolute atomic E-state index is 0.150. The van der Waals surface area contributed by atoms with E-state index in [1.54, 1.807) is 21.3 Å². The fourth-order valence-corrected chi connectivity index (χ4v) is 6.55. The molecule has 1 spiro atoms. The van der Waals surface area contributed by atoms with Gasteiger partial charge in [0.2, 0.25) is 5.79 Å². The van der Waals surface area contributed by atoms with Crippen molar-refractivity contribution in [2.45, 2.75) is 70.2 Å². The Bertz CT molecular complexity index is 818. The summed E-state index contributed by atoms with van der Waals surface area (Å²) >= 11 is 0. The smallest absolute Gasteiger partial charge is 0.201 e. The van der Waals surface area contributed by atoms with Crippen LogP contribution in [0.25, 0.3) is 0 Å². The van der Waals surface area contributed by atoms with E-state index in [0.717, 1.165) is 31.2 Å². The first-order valence-electron chi connectivity index (χ1n) is 11.4. The molecule has 0 unspecified atom stereocenters. The number of hydrogen-bond acceptors (Lipinski definition) is 7. The normalized spacial score (nSPS) is 43.7. The molecular formula is C24H34O7. The summed E-state index contributed by atoms with van der Waals surface area (Å²) in [7, 11) is 4.95. The lowest BCUT2D eigenvalue weighted by Gasteiger charge is -2.60. The van der Waals surface area contributed by atoms with Crippen LogP contribution in [0.1, 0.15) is 58.1 Å². The second kappa shape index (κ2) is 7.51. The molecule has 31 heavy (non-hydrogen) atoms. The van der Waals surface area contributed by atoms with Gasteiger partial charge in [0.05, 0.1) is 33.0 Å². The van der Waals surface area contributed by atoms with Crippen molar-refractivity contribution in [1.29, 1.82) is 0 Å². The highest BCUT2D eigenvalue weighted by Crippen LogP contribution is 2.63. The molecule has 2 bridgehead atoms. The largest absolute Gasteiger partial charge is 0.496 e. The molecule has 7 heteroatoms. The molecule has 4 saturated heterocycles. The molecule has 0 amide bonds. The SMILES string of the molecule is COc1cc(OC)c([C@H]2O[C@@H]3O[C@]4(C)CC[C@H]5[C@H](C)CC[C@@H]([C@H]2C)[C@@]35OO4)c(OC)c1.